The highest BCUT2D eigenvalue weighted by Gasteiger charge is 2.16. The molecule has 0 saturated heterocycles. The topological polar surface area (TPSA) is 96.2 Å². The highest BCUT2D eigenvalue weighted by Crippen LogP contribution is 2.34. The van der Waals surface area contributed by atoms with E-state index in [1.54, 1.807) is 0 Å². The van der Waals surface area contributed by atoms with Crippen LogP contribution in [0.4, 0.5) is 0 Å². The summed E-state index contributed by atoms with van der Waals surface area (Å²) in [4.78, 5) is 29.5. The van der Waals surface area contributed by atoms with Crippen LogP contribution in [0.25, 0.3) is 11.0 Å². The third kappa shape index (κ3) is 5.00. The van der Waals surface area contributed by atoms with Crippen LogP contribution in [0.3, 0.4) is 0 Å². The number of aromatic amines is 2. The second-order valence-corrected chi connectivity index (χ2v) is 7.46. The molecule has 0 saturated carbocycles. The van der Waals surface area contributed by atoms with Gasteiger partial charge in [-0.2, -0.15) is 0 Å². The number of imidazole rings is 1. The first-order chi connectivity index (χ1) is 13.9. The molecule has 0 fully saturated rings. The summed E-state index contributed by atoms with van der Waals surface area (Å²) in [6.07, 6.45) is 0.195. The number of carbonyl (C=O) groups is 1. The molecule has 0 spiro atoms. The molecule has 29 heavy (non-hydrogen) atoms. The Balaban J connectivity index is 1.73. The van der Waals surface area contributed by atoms with Crippen LogP contribution < -0.4 is 20.5 Å². The fraction of sp³-hybridized carbons (Fsp3) is 0.333. The van der Waals surface area contributed by atoms with Crippen LogP contribution in [-0.2, 0) is 11.2 Å². The average Bonchev–Trinajstić information content (AvgIpc) is 3.04. The van der Waals surface area contributed by atoms with E-state index < -0.39 is 0 Å². The molecule has 0 aliphatic heterocycles. The van der Waals surface area contributed by atoms with Gasteiger partial charge in [0.2, 0.25) is 5.91 Å². The molecule has 7 nitrogen and oxygen atoms in total. The predicted molar refractivity (Wildman–Crippen MR) is 116 cm³/mol. The molecule has 3 N–H and O–H groups in total. The number of aromatic nitrogens is 2. The lowest BCUT2D eigenvalue weighted by molar-refractivity contribution is -0.121. The number of halogens is 1. The summed E-state index contributed by atoms with van der Waals surface area (Å²) in [7, 11) is 0. The Hall–Kier alpha value is -2.74. The molecular formula is C21H24BrN3O4. The number of benzene rings is 2. The van der Waals surface area contributed by atoms with Crippen molar-refractivity contribution in [3.8, 4) is 11.5 Å². The second kappa shape index (κ2) is 9.17. The van der Waals surface area contributed by atoms with Gasteiger partial charge in [-0.15, -0.1) is 0 Å². The highest BCUT2D eigenvalue weighted by atomic mass is 79.9. The number of H-pyrrole nitrogens is 2. The van der Waals surface area contributed by atoms with Gasteiger partial charge < -0.3 is 24.8 Å². The largest absolute Gasteiger partial charge is 0.490 e. The van der Waals surface area contributed by atoms with E-state index in [1.807, 2.05) is 51.1 Å². The minimum Gasteiger partial charge on any atom is -0.490 e. The highest BCUT2D eigenvalue weighted by molar-refractivity contribution is 9.10. The van der Waals surface area contributed by atoms with E-state index in [1.165, 1.54) is 0 Å². The van der Waals surface area contributed by atoms with E-state index in [0.29, 0.717) is 30.2 Å². The summed E-state index contributed by atoms with van der Waals surface area (Å²) in [6, 6.07) is 9.02. The van der Waals surface area contributed by atoms with Crippen LogP contribution in [0, 0.1) is 0 Å². The molecule has 1 heterocycles. The fourth-order valence-corrected chi connectivity index (χ4v) is 3.58. The van der Waals surface area contributed by atoms with Crippen LogP contribution in [0.15, 0.2) is 39.6 Å². The van der Waals surface area contributed by atoms with Gasteiger partial charge in [0.1, 0.15) is 0 Å². The van der Waals surface area contributed by atoms with Crippen molar-refractivity contribution in [3.63, 3.8) is 0 Å². The van der Waals surface area contributed by atoms with Gasteiger partial charge in [-0.25, -0.2) is 4.79 Å². The predicted octanol–water partition coefficient (Wildman–Crippen LogP) is 3.84. The van der Waals surface area contributed by atoms with Gasteiger partial charge in [0.05, 0.1) is 36.7 Å². The number of hydrogen-bond donors (Lipinski definition) is 3. The lowest BCUT2D eigenvalue weighted by Gasteiger charge is -2.16. The second-order valence-electron chi connectivity index (χ2n) is 6.61. The van der Waals surface area contributed by atoms with E-state index >= 15 is 0 Å². The van der Waals surface area contributed by atoms with Crippen molar-refractivity contribution in [3.05, 3.63) is 56.4 Å². The maximum absolute atomic E-state index is 12.6. The van der Waals surface area contributed by atoms with Crippen molar-refractivity contribution in [2.45, 2.75) is 33.2 Å². The van der Waals surface area contributed by atoms with Gasteiger partial charge in [-0.3, -0.25) is 4.79 Å². The lowest BCUT2D eigenvalue weighted by atomic mass is 10.1. The van der Waals surface area contributed by atoms with Crippen molar-refractivity contribution in [1.82, 2.24) is 15.3 Å². The van der Waals surface area contributed by atoms with Crippen LogP contribution in [0.5, 0.6) is 11.5 Å². The van der Waals surface area contributed by atoms with E-state index in [0.717, 1.165) is 21.1 Å². The van der Waals surface area contributed by atoms with Gasteiger partial charge in [0.15, 0.2) is 11.5 Å². The first-order valence-corrected chi connectivity index (χ1v) is 10.3. The Labute approximate surface area is 176 Å². The number of rotatable bonds is 8. The third-order valence-corrected chi connectivity index (χ3v) is 5.22. The summed E-state index contributed by atoms with van der Waals surface area (Å²) in [5.74, 6) is 1.15. The number of amides is 1. The normalized spacial score (nSPS) is 12.0. The Morgan fingerprint density at radius 3 is 2.41 bits per heavy atom. The number of fused-ring (bicyclic) bond motifs is 1. The number of carbonyl (C=O) groups excluding carboxylic acids is 1. The Morgan fingerprint density at radius 1 is 1.07 bits per heavy atom. The molecule has 154 valence electrons. The summed E-state index contributed by atoms with van der Waals surface area (Å²) < 4.78 is 12.0. The maximum Gasteiger partial charge on any atom is 0.323 e. The lowest BCUT2D eigenvalue weighted by Crippen LogP contribution is -2.28. The van der Waals surface area contributed by atoms with Gasteiger partial charge in [0, 0.05) is 4.47 Å². The minimum absolute atomic E-state index is 0.118. The van der Waals surface area contributed by atoms with Crippen LogP contribution in [0.1, 0.15) is 37.9 Å². The summed E-state index contributed by atoms with van der Waals surface area (Å²) in [5, 5.41) is 3.00. The van der Waals surface area contributed by atoms with Gasteiger partial charge in [0.25, 0.3) is 0 Å². The summed E-state index contributed by atoms with van der Waals surface area (Å²) in [6.45, 7) is 6.75. The smallest absolute Gasteiger partial charge is 0.323 e. The number of hydrogen-bond acceptors (Lipinski definition) is 4. The van der Waals surface area contributed by atoms with E-state index in [9.17, 15) is 9.59 Å². The molecule has 0 aliphatic carbocycles. The zero-order valence-electron chi connectivity index (χ0n) is 16.6. The SMILES string of the molecule is CCOc1cc(Br)c(CC(=O)NC(C)c2ccc3[nH]c(=O)[nH]c3c2)cc1OCC. The molecule has 3 aromatic rings. The van der Waals surface area contributed by atoms with Crippen molar-refractivity contribution in [1.29, 1.82) is 0 Å². The molecule has 1 aromatic heterocycles. The van der Waals surface area contributed by atoms with Gasteiger partial charge >= 0.3 is 5.69 Å². The minimum atomic E-state index is -0.251. The van der Waals surface area contributed by atoms with Crippen molar-refractivity contribution >= 4 is 32.9 Å². The molecule has 1 unspecified atom stereocenters. The molecule has 3 rings (SSSR count). The zero-order valence-corrected chi connectivity index (χ0v) is 18.2. The number of nitrogens with one attached hydrogen (secondary N) is 3. The van der Waals surface area contributed by atoms with Crippen molar-refractivity contribution < 1.29 is 14.3 Å². The standard InChI is InChI=1S/C21H24BrN3O4/c1-4-28-18-9-14(15(22)11-19(18)29-5-2)10-20(26)23-12(3)13-6-7-16-17(8-13)25-21(27)24-16/h6-9,11-12H,4-5,10H2,1-3H3,(H,23,26)(H2,24,25,27). The van der Waals surface area contributed by atoms with E-state index in [4.69, 9.17) is 9.47 Å². The molecule has 0 aliphatic rings. The Bertz CT molecular complexity index is 1070. The van der Waals surface area contributed by atoms with Crippen molar-refractivity contribution in [2.24, 2.45) is 0 Å². The van der Waals surface area contributed by atoms with Crippen LogP contribution >= 0.6 is 15.9 Å². The monoisotopic (exact) mass is 461 g/mol. The molecule has 0 bridgehead atoms. The molecule has 8 heteroatoms. The van der Waals surface area contributed by atoms with Crippen molar-refractivity contribution in [2.75, 3.05) is 13.2 Å². The maximum atomic E-state index is 12.6. The Kier molecular flexibility index (Phi) is 6.64. The summed E-state index contributed by atoms with van der Waals surface area (Å²) >= 11 is 3.52. The molecule has 2 aromatic carbocycles. The van der Waals surface area contributed by atoms with Crippen LogP contribution in [0.2, 0.25) is 0 Å². The van der Waals surface area contributed by atoms with Crippen LogP contribution in [-0.4, -0.2) is 29.1 Å². The average molecular weight is 462 g/mol. The molecule has 0 radical (unpaired) electrons. The van der Waals surface area contributed by atoms with Gasteiger partial charge in [-0.05, 0) is 56.2 Å². The molecular weight excluding hydrogens is 438 g/mol. The number of ether oxygens (including phenoxy) is 2. The fourth-order valence-electron chi connectivity index (χ4n) is 3.12. The Morgan fingerprint density at radius 2 is 1.72 bits per heavy atom. The van der Waals surface area contributed by atoms with E-state index in [2.05, 4.69) is 31.2 Å². The molecule has 1 amide bonds. The first-order valence-electron chi connectivity index (χ1n) is 9.50. The zero-order chi connectivity index (χ0) is 21.0. The summed E-state index contributed by atoms with van der Waals surface area (Å²) in [5.41, 5.74) is 2.91. The molecule has 1 atom stereocenters. The first kappa shape index (κ1) is 21.0. The van der Waals surface area contributed by atoms with E-state index in [-0.39, 0.29) is 24.1 Å². The van der Waals surface area contributed by atoms with Gasteiger partial charge in [-0.1, -0.05) is 22.0 Å². The quantitative estimate of drug-likeness (QED) is 0.474. The third-order valence-electron chi connectivity index (χ3n) is 4.48.